The third-order valence-electron chi connectivity index (χ3n) is 2.69. The molecule has 112 valence electrons. The summed E-state index contributed by atoms with van der Waals surface area (Å²) in [5.41, 5.74) is -0.0876. The molecule has 0 fully saturated rings. The number of urea groups is 1. The van der Waals surface area contributed by atoms with Gasteiger partial charge in [-0.15, -0.1) is 0 Å². The van der Waals surface area contributed by atoms with Crippen molar-refractivity contribution in [1.29, 1.82) is 0 Å². The molecule has 6 nitrogen and oxygen atoms in total. The van der Waals surface area contributed by atoms with Crippen molar-refractivity contribution in [2.24, 2.45) is 11.3 Å². The van der Waals surface area contributed by atoms with Gasteiger partial charge in [-0.2, -0.15) is 0 Å². The lowest BCUT2D eigenvalue weighted by atomic mass is 9.84. The van der Waals surface area contributed by atoms with Crippen LogP contribution in [0.15, 0.2) is 0 Å². The fourth-order valence-corrected chi connectivity index (χ4v) is 1.66. The SMILES string of the molecule is COCCN(C)C(=O)NCC(CC(C)(C)C)C(=O)O. The Morgan fingerprint density at radius 3 is 2.37 bits per heavy atom. The van der Waals surface area contributed by atoms with Crippen LogP contribution in [0.1, 0.15) is 27.2 Å². The molecule has 6 heteroatoms. The van der Waals surface area contributed by atoms with Crippen LogP contribution in [0, 0.1) is 11.3 Å². The van der Waals surface area contributed by atoms with Crippen molar-refractivity contribution >= 4 is 12.0 Å². The number of nitrogens with zero attached hydrogens (tertiary/aromatic N) is 1. The molecule has 2 amide bonds. The predicted molar refractivity (Wildman–Crippen MR) is 73.1 cm³/mol. The van der Waals surface area contributed by atoms with Crippen molar-refractivity contribution < 1.29 is 19.4 Å². The maximum absolute atomic E-state index is 11.7. The quantitative estimate of drug-likeness (QED) is 0.735. The maximum Gasteiger partial charge on any atom is 0.317 e. The van der Waals surface area contributed by atoms with Gasteiger partial charge < -0.3 is 20.1 Å². The summed E-state index contributed by atoms with van der Waals surface area (Å²) in [6, 6.07) is -0.280. The molecule has 0 aliphatic rings. The number of carboxylic acid groups (broad SMARTS) is 1. The minimum atomic E-state index is -0.880. The van der Waals surface area contributed by atoms with E-state index in [0.717, 1.165) is 0 Å². The van der Waals surface area contributed by atoms with E-state index >= 15 is 0 Å². The van der Waals surface area contributed by atoms with Gasteiger partial charge in [0.1, 0.15) is 0 Å². The first-order valence-electron chi connectivity index (χ1n) is 6.38. The summed E-state index contributed by atoms with van der Waals surface area (Å²) in [5.74, 6) is -1.45. The smallest absolute Gasteiger partial charge is 0.317 e. The number of ether oxygens (including phenoxy) is 1. The second-order valence-corrected chi connectivity index (χ2v) is 5.90. The summed E-state index contributed by atoms with van der Waals surface area (Å²) >= 11 is 0. The molecule has 0 aromatic carbocycles. The fourth-order valence-electron chi connectivity index (χ4n) is 1.66. The molecular weight excluding hydrogens is 248 g/mol. The molecule has 0 spiro atoms. The highest BCUT2D eigenvalue weighted by Crippen LogP contribution is 2.24. The van der Waals surface area contributed by atoms with Gasteiger partial charge in [0.05, 0.1) is 12.5 Å². The van der Waals surface area contributed by atoms with Crippen molar-refractivity contribution in [3.8, 4) is 0 Å². The van der Waals surface area contributed by atoms with Gasteiger partial charge in [-0.05, 0) is 11.8 Å². The number of carbonyl (C=O) groups excluding carboxylic acids is 1. The van der Waals surface area contributed by atoms with E-state index in [1.807, 2.05) is 20.8 Å². The standard InChI is InChI=1S/C13H26N2O4/c1-13(2,3)8-10(11(16)17)9-14-12(18)15(4)6-7-19-5/h10H,6-9H2,1-5H3,(H,14,18)(H,16,17). The number of hydrogen-bond acceptors (Lipinski definition) is 3. The van der Waals surface area contributed by atoms with Crippen LogP contribution < -0.4 is 5.32 Å². The third kappa shape index (κ3) is 8.42. The normalized spacial score (nSPS) is 12.9. The molecule has 0 aliphatic heterocycles. The Morgan fingerprint density at radius 1 is 1.37 bits per heavy atom. The van der Waals surface area contributed by atoms with E-state index < -0.39 is 11.9 Å². The van der Waals surface area contributed by atoms with E-state index in [9.17, 15) is 9.59 Å². The molecule has 0 saturated carbocycles. The zero-order valence-corrected chi connectivity index (χ0v) is 12.5. The summed E-state index contributed by atoms with van der Waals surface area (Å²) in [4.78, 5) is 24.3. The molecule has 0 radical (unpaired) electrons. The summed E-state index contributed by atoms with van der Waals surface area (Å²) in [7, 11) is 3.21. The second-order valence-electron chi connectivity index (χ2n) is 5.90. The van der Waals surface area contributed by atoms with Gasteiger partial charge in [0.15, 0.2) is 0 Å². The monoisotopic (exact) mass is 274 g/mol. The Kier molecular flexibility index (Phi) is 7.44. The summed E-state index contributed by atoms with van der Waals surface area (Å²) in [6.07, 6.45) is 0.518. The van der Waals surface area contributed by atoms with E-state index in [2.05, 4.69) is 5.32 Å². The van der Waals surface area contributed by atoms with Crippen LogP contribution in [0.2, 0.25) is 0 Å². The van der Waals surface area contributed by atoms with Crippen LogP contribution in [0.4, 0.5) is 4.79 Å². The lowest BCUT2D eigenvalue weighted by Gasteiger charge is -2.24. The van der Waals surface area contributed by atoms with Gasteiger partial charge in [0, 0.05) is 27.2 Å². The Labute approximate surface area is 115 Å². The highest BCUT2D eigenvalue weighted by atomic mass is 16.5. The predicted octanol–water partition coefficient (Wildman–Crippen LogP) is 1.41. The van der Waals surface area contributed by atoms with Crippen molar-refractivity contribution in [2.45, 2.75) is 27.2 Å². The van der Waals surface area contributed by atoms with Gasteiger partial charge >= 0.3 is 12.0 Å². The first kappa shape index (κ1) is 17.7. The van der Waals surface area contributed by atoms with Crippen LogP contribution in [-0.4, -0.2) is 55.9 Å². The van der Waals surface area contributed by atoms with E-state index in [4.69, 9.17) is 9.84 Å². The van der Waals surface area contributed by atoms with E-state index in [-0.39, 0.29) is 18.0 Å². The zero-order chi connectivity index (χ0) is 15.1. The molecule has 0 heterocycles. The molecule has 0 aliphatic carbocycles. The number of carbonyl (C=O) groups is 2. The van der Waals surface area contributed by atoms with Crippen molar-refractivity contribution in [2.75, 3.05) is 33.9 Å². The number of nitrogens with one attached hydrogen (secondary N) is 1. The summed E-state index contributed by atoms with van der Waals surface area (Å²) < 4.78 is 4.88. The first-order valence-corrected chi connectivity index (χ1v) is 6.38. The van der Waals surface area contributed by atoms with Crippen LogP contribution in [-0.2, 0) is 9.53 Å². The Balaban J connectivity index is 4.25. The molecule has 1 atom stereocenters. The fraction of sp³-hybridized carbons (Fsp3) is 0.846. The lowest BCUT2D eigenvalue weighted by molar-refractivity contribution is -0.142. The minimum absolute atomic E-state index is 0.0876. The third-order valence-corrected chi connectivity index (χ3v) is 2.69. The van der Waals surface area contributed by atoms with E-state index in [1.165, 1.54) is 4.90 Å². The average Bonchev–Trinajstić information content (AvgIpc) is 2.29. The molecule has 1 unspecified atom stereocenters. The van der Waals surface area contributed by atoms with Crippen LogP contribution in [0.3, 0.4) is 0 Å². The number of amides is 2. The molecular formula is C13H26N2O4. The van der Waals surface area contributed by atoms with Crippen molar-refractivity contribution in [3.63, 3.8) is 0 Å². The number of aliphatic carboxylic acids is 1. The maximum atomic E-state index is 11.7. The van der Waals surface area contributed by atoms with Gasteiger partial charge in [0.25, 0.3) is 0 Å². The van der Waals surface area contributed by atoms with Crippen molar-refractivity contribution in [1.82, 2.24) is 10.2 Å². The Bertz CT molecular complexity index is 300. The van der Waals surface area contributed by atoms with Crippen LogP contribution >= 0.6 is 0 Å². The van der Waals surface area contributed by atoms with Gasteiger partial charge in [-0.25, -0.2) is 4.79 Å². The summed E-state index contributed by atoms with van der Waals surface area (Å²) in [5, 5.41) is 11.8. The van der Waals surface area contributed by atoms with Crippen LogP contribution in [0.5, 0.6) is 0 Å². The second kappa shape index (κ2) is 7.99. The average molecular weight is 274 g/mol. The minimum Gasteiger partial charge on any atom is -0.481 e. The van der Waals surface area contributed by atoms with Gasteiger partial charge in [0.2, 0.25) is 0 Å². The number of rotatable bonds is 7. The number of methoxy groups -OCH3 is 1. The van der Waals surface area contributed by atoms with Crippen LogP contribution in [0.25, 0.3) is 0 Å². The zero-order valence-electron chi connectivity index (χ0n) is 12.5. The molecule has 0 bridgehead atoms. The molecule has 0 aromatic heterocycles. The summed E-state index contributed by atoms with van der Waals surface area (Å²) in [6.45, 7) is 7.01. The topological polar surface area (TPSA) is 78.9 Å². The Morgan fingerprint density at radius 2 is 1.95 bits per heavy atom. The Hall–Kier alpha value is -1.30. The van der Waals surface area contributed by atoms with Gasteiger partial charge in [-0.3, -0.25) is 4.79 Å². The largest absolute Gasteiger partial charge is 0.481 e. The number of likely N-dealkylation sites (N-methyl/N-ethyl adjacent to an activating group) is 1. The molecule has 0 saturated heterocycles. The molecule has 19 heavy (non-hydrogen) atoms. The lowest BCUT2D eigenvalue weighted by Crippen LogP contribution is -2.42. The molecule has 0 rings (SSSR count). The van der Waals surface area contributed by atoms with Gasteiger partial charge in [-0.1, -0.05) is 20.8 Å². The van der Waals surface area contributed by atoms with E-state index in [0.29, 0.717) is 19.6 Å². The number of carboxylic acids is 1. The molecule has 0 aromatic rings. The number of hydrogen-bond donors (Lipinski definition) is 2. The van der Waals surface area contributed by atoms with E-state index in [1.54, 1.807) is 14.2 Å². The van der Waals surface area contributed by atoms with Crippen molar-refractivity contribution in [3.05, 3.63) is 0 Å². The highest BCUT2D eigenvalue weighted by Gasteiger charge is 2.25. The highest BCUT2D eigenvalue weighted by molar-refractivity contribution is 5.75. The molecule has 2 N–H and O–H groups in total. The first-order chi connectivity index (χ1) is 8.67.